The van der Waals surface area contributed by atoms with E-state index in [2.05, 4.69) is 41.2 Å². The highest BCUT2D eigenvalue weighted by Crippen LogP contribution is 2.15. The smallest absolute Gasteiger partial charge is 0.288 e. The number of ether oxygens (including phenoxy) is 1. The molecule has 0 radical (unpaired) electrons. The van der Waals surface area contributed by atoms with Crippen molar-refractivity contribution in [3.05, 3.63) is 75.9 Å². The van der Waals surface area contributed by atoms with Crippen LogP contribution in [-0.2, 0) is 19.6 Å². The first-order valence-corrected chi connectivity index (χ1v) is 8.88. The lowest BCUT2D eigenvalue weighted by Crippen LogP contribution is -2.22. The van der Waals surface area contributed by atoms with Gasteiger partial charge in [-0.15, -0.1) is 5.10 Å². The van der Waals surface area contributed by atoms with Crippen LogP contribution in [0.1, 0.15) is 22.6 Å². The zero-order chi connectivity index (χ0) is 18.5. The number of benzene rings is 2. The Balaban J connectivity index is 1.63. The van der Waals surface area contributed by atoms with Gasteiger partial charge in [-0.05, 0) is 49.4 Å². The number of aryl methyl sites for hydroxylation is 1. The standard InChI is InChI=1S/C20H23N3O2S/c1-15-4-6-17(7-5-15)13-22(2)14-23-20(26)25-19(21-23)12-16-8-10-18(24-3)11-9-16/h4-11H,12-14H2,1-3H3. The summed E-state index contributed by atoms with van der Waals surface area (Å²) in [5.41, 5.74) is 3.62. The first-order chi connectivity index (χ1) is 12.5. The van der Waals surface area contributed by atoms with E-state index in [9.17, 15) is 0 Å². The second kappa shape index (κ2) is 8.29. The van der Waals surface area contributed by atoms with Gasteiger partial charge in [0.05, 0.1) is 20.2 Å². The van der Waals surface area contributed by atoms with Crippen molar-refractivity contribution in [1.29, 1.82) is 0 Å². The zero-order valence-corrected chi connectivity index (χ0v) is 16.1. The Morgan fingerprint density at radius 1 is 1.08 bits per heavy atom. The van der Waals surface area contributed by atoms with Crippen LogP contribution >= 0.6 is 12.2 Å². The molecule has 3 aromatic rings. The minimum absolute atomic E-state index is 0.393. The van der Waals surface area contributed by atoms with Gasteiger partial charge in [0.2, 0.25) is 5.89 Å². The Hall–Kier alpha value is -2.44. The number of methoxy groups -OCH3 is 1. The van der Waals surface area contributed by atoms with Gasteiger partial charge >= 0.3 is 0 Å². The Kier molecular flexibility index (Phi) is 5.85. The fourth-order valence-electron chi connectivity index (χ4n) is 2.71. The molecule has 0 bridgehead atoms. The summed E-state index contributed by atoms with van der Waals surface area (Å²) in [7, 11) is 3.70. The number of nitrogens with zero attached hydrogens (tertiary/aromatic N) is 3. The van der Waals surface area contributed by atoms with Gasteiger partial charge in [-0.25, -0.2) is 4.68 Å². The van der Waals surface area contributed by atoms with Crippen molar-refractivity contribution in [2.45, 2.75) is 26.6 Å². The van der Waals surface area contributed by atoms with Gasteiger partial charge in [0.25, 0.3) is 4.84 Å². The predicted molar refractivity (Wildman–Crippen MR) is 104 cm³/mol. The molecule has 0 fully saturated rings. The van der Waals surface area contributed by atoms with E-state index in [1.165, 1.54) is 11.1 Å². The van der Waals surface area contributed by atoms with Crippen LogP contribution in [0.15, 0.2) is 52.9 Å². The lowest BCUT2D eigenvalue weighted by atomic mass is 10.1. The van der Waals surface area contributed by atoms with Gasteiger partial charge in [-0.1, -0.05) is 42.0 Å². The van der Waals surface area contributed by atoms with E-state index in [-0.39, 0.29) is 0 Å². The summed E-state index contributed by atoms with van der Waals surface area (Å²) in [4.78, 5) is 2.55. The van der Waals surface area contributed by atoms with Crippen molar-refractivity contribution in [3.8, 4) is 5.75 Å². The van der Waals surface area contributed by atoms with Crippen molar-refractivity contribution < 1.29 is 9.15 Å². The van der Waals surface area contributed by atoms with Gasteiger partial charge in [-0.3, -0.25) is 4.90 Å². The van der Waals surface area contributed by atoms with E-state index in [1.54, 1.807) is 11.8 Å². The minimum atomic E-state index is 0.393. The second-order valence-electron chi connectivity index (χ2n) is 6.43. The summed E-state index contributed by atoms with van der Waals surface area (Å²) < 4.78 is 12.6. The molecule has 0 aliphatic heterocycles. The van der Waals surface area contributed by atoms with Crippen LogP contribution in [0.4, 0.5) is 0 Å². The van der Waals surface area contributed by atoms with Crippen LogP contribution in [0.3, 0.4) is 0 Å². The normalized spacial score (nSPS) is 11.1. The van der Waals surface area contributed by atoms with E-state index in [0.29, 0.717) is 23.8 Å². The minimum Gasteiger partial charge on any atom is -0.497 e. The van der Waals surface area contributed by atoms with Crippen LogP contribution in [0.25, 0.3) is 0 Å². The van der Waals surface area contributed by atoms with Gasteiger partial charge in [0.1, 0.15) is 5.75 Å². The molecule has 1 aromatic heterocycles. The maximum atomic E-state index is 5.65. The molecule has 0 saturated heterocycles. The van der Waals surface area contributed by atoms with Crippen molar-refractivity contribution in [3.63, 3.8) is 0 Å². The van der Waals surface area contributed by atoms with E-state index in [1.807, 2.05) is 31.3 Å². The fourth-order valence-corrected chi connectivity index (χ4v) is 2.91. The molecule has 3 rings (SSSR count). The van der Waals surface area contributed by atoms with E-state index in [0.717, 1.165) is 17.9 Å². The molecule has 26 heavy (non-hydrogen) atoms. The summed E-state index contributed by atoms with van der Waals surface area (Å²) in [6.45, 7) is 3.49. The summed E-state index contributed by atoms with van der Waals surface area (Å²) in [6.07, 6.45) is 0.600. The van der Waals surface area contributed by atoms with Crippen molar-refractivity contribution in [2.75, 3.05) is 14.2 Å². The molecule has 0 unspecified atom stereocenters. The average Bonchev–Trinajstić information content (AvgIpc) is 2.96. The predicted octanol–water partition coefficient (Wildman–Crippen LogP) is 4.20. The summed E-state index contributed by atoms with van der Waals surface area (Å²) in [5, 5.41) is 4.52. The maximum Gasteiger partial charge on any atom is 0.288 e. The first kappa shape index (κ1) is 18.4. The van der Waals surface area contributed by atoms with Crippen LogP contribution < -0.4 is 4.74 Å². The molecule has 0 spiro atoms. The largest absolute Gasteiger partial charge is 0.497 e. The van der Waals surface area contributed by atoms with Gasteiger partial charge in [0.15, 0.2) is 0 Å². The molecule has 0 aliphatic carbocycles. The summed E-state index contributed by atoms with van der Waals surface area (Å²) in [6, 6.07) is 16.4. The van der Waals surface area contributed by atoms with Crippen LogP contribution in [0, 0.1) is 11.8 Å². The topological polar surface area (TPSA) is 43.4 Å². The molecular weight excluding hydrogens is 346 g/mol. The summed E-state index contributed by atoms with van der Waals surface area (Å²) >= 11 is 5.32. The Labute approximate surface area is 158 Å². The van der Waals surface area contributed by atoms with Crippen LogP contribution in [-0.4, -0.2) is 28.8 Å². The molecule has 0 aliphatic rings. The molecule has 2 aromatic carbocycles. The molecule has 0 amide bonds. The molecule has 6 heteroatoms. The molecule has 1 heterocycles. The van der Waals surface area contributed by atoms with Crippen molar-refractivity contribution >= 4 is 12.2 Å². The van der Waals surface area contributed by atoms with Gasteiger partial charge < -0.3 is 9.15 Å². The van der Waals surface area contributed by atoms with Crippen LogP contribution in [0.2, 0.25) is 0 Å². The lowest BCUT2D eigenvalue weighted by molar-refractivity contribution is 0.240. The molecule has 136 valence electrons. The van der Waals surface area contributed by atoms with E-state index < -0.39 is 0 Å². The Morgan fingerprint density at radius 2 is 1.73 bits per heavy atom. The maximum absolute atomic E-state index is 5.65. The third-order valence-electron chi connectivity index (χ3n) is 4.11. The van der Waals surface area contributed by atoms with Crippen molar-refractivity contribution in [2.24, 2.45) is 0 Å². The molecule has 0 atom stereocenters. The molecule has 5 nitrogen and oxygen atoms in total. The molecule has 0 N–H and O–H groups in total. The second-order valence-corrected chi connectivity index (χ2v) is 6.78. The third kappa shape index (κ3) is 4.80. The number of rotatable bonds is 7. The highest BCUT2D eigenvalue weighted by molar-refractivity contribution is 7.71. The number of aromatic nitrogens is 2. The zero-order valence-electron chi connectivity index (χ0n) is 15.3. The van der Waals surface area contributed by atoms with Gasteiger partial charge in [0, 0.05) is 6.54 Å². The summed E-state index contributed by atoms with van der Waals surface area (Å²) in [5.74, 6) is 1.45. The van der Waals surface area contributed by atoms with E-state index in [4.69, 9.17) is 21.4 Å². The van der Waals surface area contributed by atoms with E-state index >= 15 is 0 Å². The fraction of sp³-hybridized carbons (Fsp3) is 0.300. The Morgan fingerprint density at radius 3 is 2.38 bits per heavy atom. The lowest BCUT2D eigenvalue weighted by Gasteiger charge is -2.16. The Bertz CT molecular complexity index is 898. The molecular formula is C20H23N3O2S. The SMILES string of the molecule is COc1ccc(Cc2nn(CN(C)Cc3ccc(C)cc3)c(=S)o2)cc1. The van der Waals surface area contributed by atoms with Crippen molar-refractivity contribution in [1.82, 2.24) is 14.7 Å². The average molecular weight is 369 g/mol. The van der Waals surface area contributed by atoms with Gasteiger partial charge in [-0.2, -0.15) is 0 Å². The monoisotopic (exact) mass is 369 g/mol. The number of hydrogen-bond acceptors (Lipinski definition) is 5. The first-order valence-electron chi connectivity index (χ1n) is 8.47. The van der Waals surface area contributed by atoms with Crippen LogP contribution in [0.5, 0.6) is 5.75 Å². The molecule has 0 saturated carbocycles. The third-order valence-corrected chi connectivity index (χ3v) is 4.41. The number of hydrogen-bond donors (Lipinski definition) is 0. The highest BCUT2D eigenvalue weighted by atomic mass is 32.1. The quantitative estimate of drug-likeness (QED) is 0.584. The highest BCUT2D eigenvalue weighted by Gasteiger charge is 2.09.